The lowest BCUT2D eigenvalue weighted by molar-refractivity contribution is 0.0952. The summed E-state index contributed by atoms with van der Waals surface area (Å²) in [7, 11) is 5.58. The molecule has 0 spiro atoms. The van der Waals surface area contributed by atoms with Crippen LogP contribution in [0.5, 0.6) is 11.5 Å². The van der Waals surface area contributed by atoms with Crippen LogP contribution in [0.3, 0.4) is 0 Å². The molecule has 0 atom stereocenters. The van der Waals surface area contributed by atoms with E-state index in [2.05, 4.69) is 26.1 Å². The highest BCUT2D eigenvalue weighted by Gasteiger charge is 2.15. The van der Waals surface area contributed by atoms with Crippen molar-refractivity contribution < 1.29 is 14.3 Å². The lowest BCUT2D eigenvalue weighted by Gasteiger charge is -2.14. The molecule has 118 valence electrons. The standard InChI is InChI=1S/C15H23BrN2O3/c1-5-21-14-12(16)9-11(10-13(14)20-4)15(19)17-7-6-8-18(2)3/h9-10H,5-8H2,1-4H3,(H,17,19). The predicted molar refractivity (Wildman–Crippen MR) is 87.4 cm³/mol. The minimum atomic E-state index is -0.115. The summed E-state index contributed by atoms with van der Waals surface area (Å²) in [5.41, 5.74) is 0.548. The highest BCUT2D eigenvalue weighted by atomic mass is 79.9. The highest BCUT2D eigenvalue weighted by molar-refractivity contribution is 9.10. The second-order valence-corrected chi connectivity index (χ2v) is 5.69. The fourth-order valence-corrected chi connectivity index (χ4v) is 2.39. The molecule has 1 N–H and O–H groups in total. The van der Waals surface area contributed by atoms with E-state index in [0.717, 1.165) is 13.0 Å². The van der Waals surface area contributed by atoms with Crippen molar-refractivity contribution in [2.75, 3.05) is 40.9 Å². The number of carbonyl (C=O) groups is 1. The molecule has 0 aliphatic carbocycles. The molecular weight excluding hydrogens is 336 g/mol. The van der Waals surface area contributed by atoms with Crippen molar-refractivity contribution in [3.63, 3.8) is 0 Å². The van der Waals surface area contributed by atoms with Crippen LogP contribution in [0.2, 0.25) is 0 Å². The van der Waals surface area contributed by atoms with E-state index in [1.165, 1.54) is 0 Å². The van der Waals surface area contributed by atoms with Gasteiger partial charge in [0.1, 0.15) is 0 Å². The normalized spacial score (nSPS) is 10.6. The largest absolute Gasteiger partial charge is 0.493 e. The minimum Gasteiger partial charge on any atom is -0.493 e. The first-order valence-electron chi connectivity index (χ1n) is 6.92. The Labute approximate surface area is 134 Å². The molecule has 1 aromatic rings. The number of methoxy groups -OCH3 is 1. The van der Waals surface area contributed by atoms with Crippen LogP contribution in [0.4, 0.5) is 0 Å². The Morgan fingerprint density at radius 2 is 2.10 bits per heavy atom. The molecule has 0 unspecified atom stereocenters. The molecule has 1 rings (SSSR count). The van der Waals surface area contributed by atoms with Crippen LogP contribution < -0.4 is 14.8 Å². The van der Waals surface area contributed by atoms with Crippen molar-refractivity contribution in [2.24, 2.45) is 0 Å². The smallest absolute Gasteiger partial charge is 0.251 e. The molecule has 1 amide bonds. The van der Waals surface area contributed by atoms with Crippen LogP contribution in [0.1, 0.15) is 23.7 Å². The molecule has 0 heterocycles. The van der Waals surface area contributed by atoms with Crippen molar-refractivity contribution in [2.45, 2.75) is 13.3 Å². The average molecular weight is 359 g/mol. The number of hydrogen-bond acceptors (Lipinski definition) is 4. The molecule has 0 aliphatic heterocycles. The quantitative estimate of drug-likeness (QED) is 0.725. The van der Waals surface area contributed by atoms with Gasteiger partial charge in [-0.3, -0.25) is 4.79 Å². The monoisotopic (exact) mass is 358 g/mol. The van der Waals surface area contributed by atoms with Gasteiger partial charge in [0.25, 0.3) is 5.91 Å². The van der Waals surface area contributed by atoms with Gasteiger partial charge in [0.05, 0.1) is 18.2 Å². The third-order valence-corrected chi connectivity index (χ3v) is 3.44. The number of halogens is 1. The molecular formula is C15H23BrN2O3. The summed E-state index contributed by atoms with van der Waals surface area (Å²) in [5, 5.41) is 2.90. The fraction of sp³-hybridized carbons (Fsp3) is 0.533. The molecule has 0 saturated heterocycles. The molecule has 0 aromatic heterocycles. The van der Waals surface area contributed by atoms with Crippen molar-refractivity contribution in [1.82, 2.24) is 10.2 Å². The predicted octanol–water partition coefficient (Wildman–Crippen LogP) is 2.54. The first-order chi connectivity index (χ1) is 9.99. The summed E-state index contributed by atoms with van der Waals surface area (Å²) in [5.74, 6) is 1.05. The number of nitrogens with one attached hydrogen (secondary N) is 1. The maximum atomic E-state index is 12.1. The van der Waals surface area contributed by atoms with Crippen LogP contribution in [0, 0.1) is 0 Å². The molecule has 0 aliphatic rings. The lowest BCUT2D eigenvalue weighted by Crippen LogP contribution is -2.27. The number of rotatable bonds is 8. The van der Waals surface area contributed by atoms with E-state index in [0.29, 0.717) is 34.7 Å². The first kappa shape index (κ1) is 17.8. The summed E-state index contributed by atoms with van der Waals surface area (Å²) < 4.78 is 11.5. The number of carbonyl (C=O) groups excluding carboxylic acids is 1. The van der Waals surface area contributed by atoms with Gasteiger partial charge in [0.15, 0.2) is 11.5 Å². The Kier molecular flexibility index (Phi) is 7.53. The summed E-state index contributed by atoms with van der Waals surface area (Å²) in [6.07, 6.45) is 0.911. The van der Waals surface area contributed by atoms with E-state index < -0.39 is 0 Å². The van der Waals surface area contributed by atoms with E-state index in [9.17, 15) is 4.79 Å². The maximum Gasteiger partial charge on any atom is 0.251 e. The zero-order chi connectivity index (χ0) is 15.8. The van der Waals surface area contributed by atoms with Crippen LogP contribution in [-0.4, -0.2) is 51.7 Å². The van der Waals surface area contributed by atoms with Crippen LogP contribution in [-0.2, 0) is 0 Å². The Hall–Kier alpha value is -1.27. The summed E-state index contributed by atoms with van der Waals surface area (Å²) in [6, 6.07) is 3.44. The second-order valence-electron chi connectivity index (χ2n) is 4.84. The zero-order valence-corrected chi connectivity index (χ0v) is 14.6. The van der Waals surface area contributed by atoms with E-state index >= 15 is 0 Å². The van der Waals surface area contributed by atoms with E-state index in [1.54, 1.807) is 19.2 Å². The third kappa shape index (κ3) is 5.55. The molecule has 0 fully saturated rings. The molecule has 5 nitrogen and oxygen atoms in total. The Morgan fingerprint density at radius 1 is 1.38 bits per heavy atom. The number of nitrogens with zero attached hydrogens (tertiary/aromatic N) is 1. The zero-order valence-electron chi connectivity index (χ0n) is 13.0. The van der Waals surface area contributed by atoms with Crippen molar-refractivity contribution in [3.8, 4) is 11.5 Å². The SMILES string of the molecule is CCOc1c(Br)cc(C(=O)NCCCN(C)C)cc1OC. The fourth-order valence-electron chi connectivity index (χ4n) is 1.83. The Morgan fingerprint density at radius 3 is 2.67 bits per heavy atom. The van der Waals surface area contributed by atoms with E-state index in [1.807, 2.05) is 21.0 Å². The number of ether oxygens (including phenoxy) is 2. The Bertz CT molecular complexity index is 478. The molecule has 0 saturated carbocycles. The van der Waals surface area contributed by atoms with Gasteiger partial charge in [-0.25, -0.2) is 0 Å². The third-order valence-electron chi connectivity index (χ3n) is 2.85. The molecule has 0 bridgehead atoms. The van der Waals surface area contributed by atoms with Gasteiger partial charge in [0.2, 0.25) is 0 Å². The van der Waals surface area contributed by atoms with Gasteiger partial charge in [-0.2, -0.15) is 0 Å². The van der Waals surface area contributed by atoms with Crippen LogP contribution in [0.15, 0.2) is 16.6 Å². The number of benzene rings is 1. The van der Waals surface area contributed by atoms with Gasteiger partial charge < -0.3 is 19.7 Å². The maximum absolute atomic E-state index is 12.1. The molecule has 6 heteroatoms. The van der Waals surface area contributed by atoms with Gasteiger partial charge in [-0.05, 0) is 62.0 Å². The van der Waals surface area contributed by atoms with Crippen molar-refractivity contribution in [1.29, 1.82) is 0 Å². The van der Waals surface area contributed by atoms with Gasteiger partial charge in [0, 0.05) is 12.1 Å². The van der Waals surface area contributed by atoms with E-state index in [4.69, 9.17) is 9.47 Å². The summed E-state index contributed by atoms with van der Waals surface area (Å²) >= 11 is 3.42. The Balaban J connectivity index is 2.74. The first-order valence-corrected chi connectivity index (χ1v) is 7.72. The van der Waals surface area contributed by atoms with E-state index in [-0.39, 0.29) is 5.91 Å². The van der Waals surface area contributed by atoms with Gasteiger partial charge in [-0.15, -0.1) is 0 Å². The topological polar surface area (TPSA) is 50.8 Å². The van der Waals surface area contributed by atoms with Gasteiger partial charge in [-0.1, -0.05) is 0 Å². The van der Waals surface area contributed by atoms with Gasteiger partial charge >= 0.3 is 0 Å². The minimum absolute atomic E-state index is 0.115. The molecule has 21 heavy (non-hydrogen) atoms. The lowest BCUT2D eigenvalue weighted by atomic mass is 10.2. The number of amides is 1. The summed E-state index contributed by atoms with van der Waals surface area (Å²) in [6.45, 7) is 4.02. The van der Waals surface area contributed by atoms with Crippen LogP contribution in [0.25, 0.3) is 0 Å². The second kappa shape index (κ2) is 8.89. The number of hydrogen-bond donors (Lipinski definition) is 1. The van der Waals surface area contributed by atoms with Crippen LogP contribution >= 0.6 is 15.9 Å². The highest BCUT2D eigenvalue weighted by Crippen LogP contribution is 2.36. The van der Waals surface area contributed by atoms with Crippen molar-refractivity contribution >= 4 is 21.8 Å². The average Bonchev–Trinajstić information content (AvgIpc) is 2.45. The van der Waals surface area contributed by atoms with Crippen molar-refractivity contribution in [3.05, 3.63) is 22.2 Å². The summed E-state index contributed by atoms with van der Waals surface area (Å²) in [4.78, 5) is 14.2. The molecule has 1 aromatic carbocycles. The molecule has 0 radical (unpaired) electrons.